The number of nitrogens with two attached hydrogens (primary N) is 1. The van der Waals surface area contributed by atoms with Crippen LogP contribution in [0.15, 0.2) is 30.3 Å². The number of hydrogen-bond acceptors (Lipinski definition) is 6. The van der Waals surface area contributed by atoms with Gasteiger partial charge in [-0.2, -0.15) is 0 Å². The number of carbonyl (C=O) groups is 1. The lowest BCUT2D eigenvalue weighted by Crippen LogP contribution is -2.11. The monoisotopic (exact) mass is 339 g/mol. The maximum absolute atomic E-state index is 14.5. The summed E-state index contributed by atoms with van der Waals surface area (Å²) in [4.78, 5) is 21.9. The van der Waals surface area contributed by atoms with Crippen molar-refractivity contribution in [3.8, 4) is 0 Å². The van der Waals surface area contributed by atoms with Crippen molar-refractivity contribution < 1.29 is 18.8 Å². The lowest BCUT2D eigenvalue weighted by atomic mass is 10.1. The molecule has 120 valence electrons. The first-order valence-corrected chi connectivity index (χ1v) is 6.60. The second-order valence-corrected chi connectivity index (χ2v) is 4.81. The van der Waals surface area contributed by atoms with E-state index in [9.17, 15) is 19.3 Å². The number of nitrogens with zero attached hydrogens (tertiary/aromatic N) is 1. The number of para-hydroxylation sites is 1. The molecule has 0 atom stereocenters. The molecule has 2 aromatic carbocycles. The van der Waals surface area contributed by atoms with Crippen molar-refractivity contribution in [2.24, 2.45) is 0 Å². The number of nitrogen functional groups attached to an aromatic ring is 1. The number of esters is 1. The molecule has 0 unspecified atom stereocenters. The average Bonchev–Trinajstić information content (AvgIpc) is 2.52. The molecule has 0 aromatic heterocycles. The largest absolute Gasteiger partial charge is 0.465 e. The predicted octanol–water partition coefficient (Wildman–Crippen LogP) is 3.50. The molecule has 9 heteroatoms. The lowest BCUT2D eigenvalue weighted by molar-refractivity contribution is -0.384. The van der Waals surface area contributed by atoms with Gasteiger partial charge in [-0.25, -0.2) is 9.18 Å². The summed E-state index contributed by atoms with van der Waals surface area (Å²) in [5.74, 6) is -2.10. The molecule has 2 aromatic rings. The number of hydrogen-bond donors (Lipinski definition) is 2. The smallest absolute Gasteiger partial charge is 0.340 e. The van der Waals surface area contributed by atoms with Gasteiger partial charge in [0.15, 0.2) is 5.82 Å². The van der Waals surface area contributed by atoms with Crippen LogP contribution in [-0.4, -0.2) is 18.0 Å². The summed E-state index contributed by atoms with van der Waals surface area (Å²) in [6.45, 7) is 0. The molecule has 7 nitrogen and oxygen atoms in total. The normalized spacial score (nSPS) is 10.2. The highest BCUT2D eigenvalue weighted by Crippen LogP contribution is 2.36. The van der Waals surface area contributed by atoms with E-state index in [1.54, 1.807) is 24.3 Å². The Hall–Kier alpha value is -2.87. The number of anilines is 3. The number of carbonyl (C=O) groups excluding carboxylic acids is 1. The van der Waals surface area contributed by atoms with E-state index >= 15 is 0 Å². The van der Waals surface area contributed by atoms with Gasteiger partial charge in [-0.05, 0) is 12.1 Å². The molecule has 0 spiro atoms. The Bertz CT molecular complexity index is 798. The fourth-order valence-corrected chi connectivity index (χ4v) is 2.08. The van der Waals surface area contributed by atoms with Gasteiger partial charge in [0.25, 0.3) is 5.69 Å². The van der Waals surface area contributed by atoms with Crippen molar-refractivity contribution in [3.63, 3.8) is 0 Å². The van der Waals surface area contributed by atoms with E-state index in [0.29, 0.717) is 5.69 Å². The number of rotatable bonds is 4. The van der Waals surface area contributed by atoms with E-state index in [4.69, 9.17) is 17.3 Å². The molecule has 0 amide bonds. The third kappa shape index (κ3) is 3.16. The molecule has 0 heterocycles. The number of benzene rings is 2. The molecule has 2 rings (SSSR count). The molecule has 0 aliphatic rings. The molecular weight excluding hydrogens is 329 g/mol. The number of methoxy groups -OCH3 is 1. The van der Waals surface area contributed by atoms with E-state index in [2.05, 4.69) is 10.1 Å². The first kappa shape index (κ1) is 16.5. The predicted molar refractivity (Wildman–Crippen MR) is 83.5 cm³/mol. The van der Waals surface area contributed by atoms with Gasteiger partial charge >= 0.3 is 5.97 Å². The number of nitrogens with one attached hydrogen (secondary N) is 1. The minimum atomic E-state index is -1.14. The van der Waals surface area contributed by atoms with Crippen molar-refractivity contribution in [2.45, 2.75) is 0 Å². The van der Waals surface area contributed by atoms with Crippen LogP contribution in [0.5, 0.6) is 0 Å². The van der Waals surface area contributed by atoms with Gasteiger partial charge in [-0.1, -0.05) is 23.7 Å². The molecule has 0 aliphatic heterocycles. The molecule has 0 fully saturated rings. The molecule has 0 saturated carbocycles. The quantitative estimate of drug-likeness (QED) is 0.382. The Morgan fingerprint density at radius 3 is 2.65 bits per heavy atom. The van der Waals surface area contributed by atoms with Gasteiger partial charge in [0.2, 0.25) is 0 Å². The second-order valence-electron chi connectivity index (χ2n) is 4.40. The van der Waals surface area contributed by atoms with Crippen molar-refractivity contribution >= 4 is 40.3 Å². The summed E-state index contributed by atoms with van der Waals surface area (Å²) in [6, 6.07) is 7.24. The van der Waals surface area contributed by atoms with E-state index in [-0.39, 0.29) is 16.3 Å². The van der Waals surface area contributed by atoms with Crippen LogP contribution < -0.4 is 11.1 Å². The highest BCUT2D eigenvalue weighted by molar-refractivity contribution is 6.33. The van der Waals surface area contributed by atoms with Gasteiger partial charge in [0.1, 0.15) is 5.69 Å². The van der Waals surface area contributed by atoms with Crippen LogP contribution in [0, 0.1) is 15.9 Å². The molecule has 0 bridgehead atoms. The van der Waals surface area contributed by atoms with Gasteiger partial charge in [0.05, 0.1) is 34.0 Å². The van der Waals surface area contributed by atoms with Gasteiger partial charge in [0, 0.05) is 6.07 Å². The van der Waals surface area contributed by atoms with Crippen LogP contribution in [0.4, 0.5) is 27.1 Å². The maximum atomic E-state index is 14.5. The van der Waals surface area contributed by atoms with Crippen LogP contribution >= 0.6 is 11.6 Å². The Balaban J connectivity index is 2.66. The Morgan fingerprint density at radius 2 is 2.09 bits per heavy atom. The summed E-state index contributed by atoms with van der Waals surface area (Å²) in [6.07, 6.45) is 0. The highest BCUT2D eigenvalue weighted by Gasteiger charge is 2.27. The first-order chi connectivity index (χ1) is 10.9. The minimum Gasteiger partial charge on any atom is -0.465 e. The summed E-state index contributed by atoms with van der Waals surface area (Å²) < 4.78 is 19.0. The second kappa shape index (κ2) is 6.49. The molecular formula is C14H11ClFN3O4. The zero-order valence-electron chi connectivity index (χ0n) is 11.8. The molecule has 3 N–H and O–H groups in total. The molecule has 23 heavy (non-hydrogen) atoms. The fraction of sp³-hybridized carbons (Fsp3) is 0.0714. The van der Waals surface area contributed by atoms with Crippen LogP contribution in [0.25, 0.3) is 0 Å². The number of halogens is 2. The number of ether oxygens (including phenoxy) is 1. The summed E-state index contributed by atoms with van der Waals surface area (Å²) in [5, 5.41) is 13.8. The van der Waals surface area contributed by atoms with E-state index in [0.717, 1.165) is 13.2 Å². The Morgan fingerprint density at radius 1 is 1.43 bits per heavy atom. The SMILES string of the molecule is COC(=O)c1cc([N+](=O)[O-])c(N)c(F)c1Nc1ccccc1Cl. The maximum Gasteiger partial charge on any atom is 0.340 e. The average molecular weight is 340 g/mol. The van der Waals surface area contributed by atoms with Crippen molar-refractivity contribution in [1.82, 2.24) is 0 Å². The molecule has 0 radical (unpaired) electrons. The summed E-state index contributed by atoms with van der Waals surface area (Å²) >= 11 is 5.97. The zero-order valence-corrected chi connectivity index (χ0v) is 12.6. The minimum absolute atomic E-state index is 0.264. The summed E-state index contributed by atoms with van der Waals surface area (Å²) in [7, 11) is 1.07. The van der Waals surface area contributed by atoms with Crippen LogP contribution in [0.2, 0.25) is 5.02 Å². The fourth-order valence-electron chi connectivity index (χ4n) is 1.89. The van der Waals surface area contributed by atoms with Gasteiger partial charge in [-0.15, -0.1) is 0 Å². The van der Waals surface area contributed by atoms with Crippen molar-refractivity contribution in [2.75, 3.05) is 18.2 Å². The van der Waals surface area contributed by atoms with Crippen molar-refractivity contribution in [1.29, 1.82) is 0 Å². The van der Waals surface area contributed by atoms with Crippen LogP contribution in [0.3, 0.4) is 0 Å². The topological polar surface area (TPSA) is 107 Å². The Kier molecular flexibility index (Phi) is 4.65. The highest BCUT2D eigenvalue weighted by atomic mass is 35.5. The van der Waals surface area contributed by atoms with E-state index in [1.807, 2.05) is 0 Å². The molecule has 0 saturated heterocycles. The lowest BCUT2D eigenvalue weighted by Gasteiger charge is -2.14. The van der Waals surface area contributed by atoms with E-state index < -0.39 is 28.1 Å². The van der Waals surface area contributed by atoms with Crippen molar-refractivity contribution in [3.05, 3.63) is 56.8 Å². The van der Waals surface area contributed by atoms with Crippen LogP contribution in [-0.2, 0) is 4.74 Å². The van der Waals surface area contributed by atoms with Gasteiger partial charge < -0.3 is 15.8 Å². The third-order valence-corrected chi connectivity index (χ3v) is 3.35. The zero-order chi connectivity index (χ0) is 17.1. The third-order valence-electron chi connectivity index (χ3n) is 3.02. The molecule has 0 aliphatic carbocycles. The standard InChI is InChI=1S/C14H11ClFN3O4/c1-23-14(20)7-6-10(19(21)22)12(17)11(16)13(7)18-9-5-3-2-4-8(9)15/h2-6,18H,17H2,1H3. The first-order valence-electron chi connectivity index (χ1n) is 6.23. The van der Waals surface area contributed by atoms with Crippen LogP contribution in [0.1, 0.15) is 10.4 Å². The summed E-state index contributed by atoms with van der Waals surface area (Å²) in [5.41, 5.74) is 3.59. The number of nitro groups is 1. The van der Waals surface area contributed by atoms with Gasteiger partial charge in [-0.3, -0.25) is 10.1 Å². The van der Waals surface area contributed by atoms with E-state index in [1.165, 1.54) is 0 Å². The number of nitro benzene ring substituents is 1. The Labute approximate surface area is 135 Å².